The lowest BCUT2D eigenvalue weighted by Crippen LogP contribution is -2.13. The number of aliphatic imine (C=N–C) groups is 1. The van der Waals surface area contributed by atoms with Crippen molar-refractivity contribution in [3.05, 3.63) is 81.0 Å². The smallest absolute Gasteiger partial charge is 0.257 e. The molecule has 1 N–H and O–H groups in total. The molecule has 2 aromatic carbocycles. The van der Waals surface area contributed by atoms with Crippen molar-refractivity contribution in [1.29, 1.82) is 0 Å². The maximum Gasteiger partial charge on any atom is 0.257 e. The molecule has 0 unspecified atom stereocenters. The molecule has 0 saturated carbocycles. The van der Waals surface area contributed by atoms with Crippen molar-refractivity contribution in [1.82, 2.24) is 4.98 Å². The molecular weight excluding hydrogens is 457 g/mol. The Morgan fingerprint density at radius 1 is 1.06 bits per heavy atom. The van der Waals surface area contributed by atoms with Gasteiger partial charge >= 0.3 is 0 Å². The van der Waals surface area contributed by atoms with E-state index in [0.29, 0.717) is 28.5 Å². The number of nitrogens with one attached hydrogen (secondary N) is 1. The molecule has 0 bridgehead atoms. The van der Waals surface area contributed by atoms with Gasteiger partial charge in [0.25, 0.3) is 5.91 Å². The minimum Gasteiger partial charge on any atom is -0.322 e. The van der Waals surface area contributed by atoms with E-state index in [-0.39, 0.29) is 15.5 Å². The summed E-state index contributed by atoms with van der Waals surface area (Å²) in [7, 11) is -3.42. The minimum atomic E-state index is -3.42. The number of nitrogens with zero attached hydrogens (tertiary/aromatic N) is 2. The third-order valence-electron chi connectivity index (χ3n) is 4.83. The Morgan fingerprint density at radius 2 is 1.84 bits per heavy atom. The summed E-state index contributed by atoms with van der Waals surface area (Å²) in [6, 6.07) is 11.1. The highest BCUT2D eigenvalue weighted by Crippen LogP contribution is 2.31. The SMILES string of the molecule is Cc1cnc2c(c1)CC(c1cc(NC(=O)c3ccc(S(C)(=O)=O)cc3Cl)ccc1Cl)=N2. The van der Waals surface area contributed by atoms with Crippen LogP contribution in [0.5, 0.6) is 0 Å². The topological polar surface area (TPSA) is 88.5 Å². The van der Waals surface area contributed by atoms with Gasteiger partial charge in [0.05, 0.1) is 21.2 Å². The Balaban J connectivity index is 1.59. The zero-order chi connectivity index (χ0) is 22.3. The highest BCUT2D eigenvalue weighted by atomic mass is 35.5. The van der Waals surface area contributed by atoms with Crippen LogP contribution in [0, 0.1) is 6.92 Å². The third-order valence-corrected chi connectivity index (χ3v) is 6.58. The van der Waals surface area contributed by atoms with Crippen LogP contribution in [0.3, 0.4) is 0 Å². The zero-order valence-corrected chi connectivity index (χ0v) is 18.9. The van der Waals surface area contributed by atoms with Crippen LogP contribution in [0.15, 0.2) is 58.5 Å². The van der Waals surface area contributed by atoms with Crippen molar-refractivity contribution in [2.24, 2.45) is 4.99 Å². The summed E-state index contributed by atoms with van der Waals surface area (Å²) >= 11 is 12.5. The lowest BCUT2D eigenvalue weighted by molar-refractivity contribution is 0.102. The summed E-state index contributed by atoms with van der Waals surface area (Å²) in [6.45, 7) is 1.97. The second-order valence-electron chi connectivity index (χ2n) is 7.29. The normalized spacial score (nSPS) is 13.0. The average Bonchev–Trinajstić information content (AvgIpc) is 3.11. The molecule has 0 fully saturated rings. The first-order chi connectivity index (χ1) is 14.6. The van der Waals surface area contributed by atoms with Gasteiger partial charge in [-0.2, -0.15) is 0 Å². The van der Waals surface area contributed by atoms with Crippen LogP contribution in [0.25, 0.3) is 0 Å². The van der Waals surface area contributed by atoms with Gasteiger partial charge in [-0.15, -0.1) is 0 Å². The Labute approximate surface area is 189 Å². The van der Waals surface area contributed by atoms with Crippen LogP contribution in [-0.4, -0.2) is 31.3 Å². The molecule has 0 aliphatic carbocycles. The Hall–Kier alpha value is -2.74. The summed E-state index contributed by atoms with van der Waals surface area (Å²) < 4.78 is 23.3. The van der Waals surface area contributed by atoms with Crippen LogP contribution >= 0.6 is 23.2 Å². The number of carbonyl (C=O) groups excluding carboxylic acids is 1. The number of fused-ring (bicyclic) bond motifs is 1. The van der Waals surface area contributed by atoms with E-state index >= 15 is 0 Å². The molecule has 1 aliphatic rings. The summed E-state index contributed by atoms with van der Waals surface area (Å²) in [5.74, 6) is 0.205. The molecule has 0 atom stereocenters. The highest BCUT2D eigenvalue weighted by molar-refractivity contribution is 7.90. The van der Waals surface area contributed by atoms with E-state index < -0.39 is 15.7 Å². The fourth-order valence-corrected chi connectivity index (χ4v) is 4.49. The van der Waals surface area contributed by atoms with E-state index in [1.165, 1.54) is 18.2 Å². The predicted molar refractivity (Wildman–Crippen MR) is 123 cm³/mol. The van der Waals surface area contributed by atoms with E-state index in [2.05, 4.69) is 15.3 Å². The van der Waals surface area contributed by atoms with E-state index in [1.54, 1.807) is 24.4 Å². The molecule has 6 nitrogen and oxygen atoms in total. The number of aryl methyl sites for hydroxylation is 1. The average molecular weight is 474 g/mol. The fraction of sp³-hybridized carbons (Fsp3) is 0.136. The van der Waals surface area contributed by atoms with Crippen molar-refractivity contribution >= 4 is 56.2 Å². The fourth-order valence-electron chi connectivity index (χ4n) is 3.29. The van der Waals surface area contributed by atoms with Crippen molar-refractivity contribution < 1.29 is 13.2 Å². The summed E-state index contributed by atoms with van der Waals surface area (Å²) in [5.41, 5.74) is 4.23. The summed E-state index contributed by atoms with van der Waals surface area (Å²) in [6.07, 6.45) is 3.44. The van der Waals surface area contributed by atoms with Gasteiger partial charge in [0.2, 0.25) is 0 Å². The second-order valence-corrected chi connectivity index (χ2v) is 10.1. The van der Waals surface area contributed by atoms with Crippen molar-refractivity contribution in [2.45, 2.75) is 18.2 Å². The number of benzene rings is 2. The van der Waals surface area contributed by atoms with E-state index in [9.17, 15) is 13.2 Å². The minimum absolute atomic E-state index is 0.0467. The van der Waals surface area contributed by atoms with Crippen LogP contribution in [0.4, 0.5) is 11.5 Å². The number of aromatic nitrogens is 1. The van der Waals surface area contributed by atoms with E-state index in [1.807, 2.05) is 13.0 Å². The van der Waals surface area contributed by atoms with Crippen molar-refractivity contribution in [3.8, 4) is 0 Å². The van der Waals surface area contributed by atoms with Gasteiger partial charge in [-0.05, 0) is 48.9 Å². The molecule has 158 valence electrons. The van der Waals surface area contributed by atoms with Gasteiger partial charge in [0.15, 0.2) is 15.7 Å². The number of sulfone groups is 1. The lowest BCUT2D eigenvalue weighted by atomic mass is 10.0. The molecular formula is C22H17Cl2N3O3S. The first-order valence-electron chi connectivity index (χ1n) is 9.26. The number of hydrogen-bond donors (Lipinski definition) is 1. The maximum absolute atomic E-state index is 12.7. The molecule has 31 heavy (non-hydrogen) atoms. The van der Waals surface area contributed by atoms with Crippen molar-refractivity contribution in [2.75, 3.05) is 11.6 Å². The molecule has 1 aromatic heterocycles. The molecule has 0 saturated heterocycles. The van der Waals surface area contributed by atoms with Crippen LogP contribution in [-0.2, 0) is 16.3 Å². The third kappa shape index (κ3) is 4.49. The predicted octanol–water partition coefficient (Wildman–Crippen LogP) is 5.03. The monoisotopic (exact) mass is 473 g/mol. The number of pyridine rings is 1. The Kier molecular flexibility index (Phi) is 5.60. The lowest BCUT2D eigenvalue weighted by Gasteiger charge is -2.11. The standard InChI is InChI=1S/C22H17Cl2N3O3S/c1-12-7-13-8-20(27-21(13)25-11-12)17-9-14(3-6-18(17)23)26-22(28)16-5-4-15(10-19(16)24)31(2,29)30/h3-7,9-11H,8H2,1-2H3,(H,26,28). The van der Waals surface area contributed by atoms with Crippen LogP contribution in [0.1, 0.15) is 27.0 Å². The molecule has 0 radical (unpaired) electrons. The number of carbonyl (C=O) groups is 1. The Morgan fingerprint density at radius 3 is 2.55 bits per heavy atom. The van der Waals surface area contributed by atoms with Gasteiger partial charge in [-0.3, -0.25) is 4.79 Å². The molecule has 1 aliphatic heterocycles. The molecule has 4 rings (SSSR count). The van der Waals surface area contributed by atoms with Crippen LogP contribution < -0.4 is 5.32 Å². The van der Waals surface area contributed by atoms with E-state index in [0.717, 1.165) is 23.1 Å². The Bertz CT molecular complexity index is 1370. The molecule has 9 heteroatoms. The largest absolute Gasteiger partial charge is 0.322 e. The number of amides is 1. The first kappa shape index (κ1) is 21.5. The molecule has 2 heterocycles. The first-order valence-corrected chi connectivity index (χ1v) is 11.9. The maximum atomic E-state index is 12.7. The van der Waals surface area contributed by atoms with Crippen LogP contribution in [0.2, 0.25) is 10.0 Å². The zero-order valence-electron chi connectivity index (χ0n) is 16.6. The molecule has 3 aromatic rings. The number of hydrogen-bond acceptors (Lipinski definition) is 5. The van der Waals surface area contributed by atoms with Gasteiger partial charge in [0, 0.05) is 40.7 Å². The summed E-state index contributed by atoms with van der Waals surface area (Å²) in [4.78, 5) is 21.7. The van der Waals surface area contributed by atoms with Crippen molar-refractivity contribution in [3.63, 3.8) is 0 Å². The second kappa shape index (κ2) is 8.07. The summed E-state index contributed by atoms with van der Waals surface area (Å²) in [5, 5.41) is 3.34. The van der Waals surface area contributed by atoms with Gasteiger partial charge in [-0.25, -0.2) is 18.4 Å². The molecule has 1 amide bonds. The number of rotatable bonds is 4. The molecule has 0 spiro atoms. The number of halogens is 2. The quantitative estimate of drug-likeness (QED) is 0.575. The van der Waals surface area contributed by atoms with Gasteiger partial charge < -0.3 is 5.32 Å². The van der Waals surface area contributed by atoms with E-state index in [4.69, 9.17) is 23.2 Å². The van der Waals surface area contributed by atoms with Gasteiger partial charge in [-0.1, -0.05) is 29.3 Å². The highest BCUT2D eigenvalue weighted by Gasteiger charge is 2.20. The number of anilines is 1. The van der Waals surface area contributed by atoms with Gasteiger partial charge in [0.1, 0.15) is 0 Å².